The highest BCUT2D eigenvalue weighted by Crippen LogP contribution is 2.32. The lowest BCUT2D eigenvalue weighted by Gasteiger charge is -2.33. The number of hydrogen-bond donors (Lipinski definition) is 0. The number of aromatic nitrogens is 1. The molecule has 1 aliphatic heterocycles. The van der Waals surface area contributed by atoms with Crippen LogP contribution in [0.25, 0.3) is 11.5 Å². The van der Waals surface area contributed by atoms with Gasteiger partial charge in [-0.05, 0) is 37.3 Å². The largest absolute Gasteiger partial charge is 0.459 e. The van der Waals surface area contributed by atoms with Gasteiger partial charge in [0.1, 0.15) is 5.76 Å². The average molecular weight is 419 g/mol. The molecule has 0 bridgehead atoms. The van der Waals surface area contributed by atoms with E-state index < -0.39 is 11.7 Å². The SMILES string of the molecule is Cc1oc(-c2cccc(C(F)(F)F)c2)nc1CN1CCN(C(=O)c2ccco2)CC1. The Balaban J connectivity index is 1.41. The van der Waals surface area contributed by atoms with Crippen LogP contribution in [0.2, 0.25) is 0 Å². The molecule has 1 saturated heterocycles. The third kappa shape index (κ3) is 4.25. The molecule has 0 atom stereocenters. The molecule has 0 spiro atoms. The van der Waals surface area contributed by atoms with Crippen LogP contribution in [0.4, 0.5) is 13.2 Å². The molecule has 158 valence electrons. The number of rotatable bonds is 4. The predicted molar refractivity (Wildman–Crippen MR) is 102 cm³/mol. The van der Waals surface area contributed by atoms with Gasteiger partial charge < -0.3 is 13.7 Å². The molecule has 3 aromatic rings. The Labute approximate surface area is 170 Å². The second-order valence-electron chi connectivity index (χ2n) is 7.15. The summed E-state index contributed by atoms with van der Waals surface area (Å²) < 4.78 is 49.7. The molecular formula is C21H20F3N3O3. The van der Waals surface area contributed by atoms with Gasteiger partial charge in [0.05, 0.1) is 17.5 Å². The summed E-state index contributed by atoms with van der Waals surface area (Å²) >= 11 is 0. The topological polar surface area (TPSA) is 62.7 Å². The molecule has 6 nitrogen and oxygen atoms in total. The van der Waals surface area contributed by atoms with Crippen molar-refractivity contribution in [1.82, 2.24) is 14.8 Å². The van der Waals surface area contributed by atoms with E-state index in [4.69, 9.17) is 8.83 Å². The van der Waals surface area contributed by atoms with E-state index in [0.29, 0.717) is 49.9 Å². The number of carbonyl (C=O) groups is 1. The van der Waals surface area contributed by atoms with Crippen molar-refractivity contribution in [3.8, 4) is 11.5 Å². The van der Waals surface area contributed by atoms with Crippen LogP contribution < -0.4 is 0 Å². The van der Waals surface area contributed by atoms with Gasteiger partial charge in [-0.1, -0.05) is 6.07 Å². The Kier molecular flexibility index (Phi) is 5.38. The summed E-state index contributed by atoms with van der Waals surface area (Å²) in [6.45, 7) is 4.65. The molecule has 0 unspecified atom stereocenters. The maximum atomic E-state index is 13.0. The van der Waals surface area contributed by atoms with Gasteiger partial charge in [-0.15, -0.1) is 0 Å². The lowest BCUT2D eigenvalue weighted by atomic mass is 10.1. The molecule has 30 heavy (non-hydrogen) atoms. The number of aryl methyl sites for hydroxylation is 1. The van der Waals surface area contributed by atoms with Crippen molar-refractivity contribution in [3.05, 3.63) is 65.4 Å². The van der Waals surface area contributed by atoms with Crippen LogP contribution in [0.15, 0.2) is 51.5 Å². The normalized spacial score (nSPS) is 15.5. The number of carbonyl (C=O) groups excluding carboxylic acids is 1. The molecule has 1 fully saturated rings. The Hall–Kier alpha value is -3.07. The van der Waals surface area contributed by atoms with Gasteiger partial charge >= 0.3 is 6.18 Å². The van der Waals surface area contributed by atoms with Crippen molar-refractivity contribution in [1.29, 1.82) is 0 Å². The van der Waals surface area contributed by atoms with E-state index in [0.717, 1.165) is 12.1 Å². The van der Waals surface area contributed by atoms with Crippen LogP contribution in [-0.2, 0) is 12.7 Å². The van der Waals surface area contributed by atoms with Crippen LogP contribution >= 0.6 is 0 Å². The first-order chi connectivity index (χ1) is 14.3. The fraction of sp³-hybridized carbons (Fsp3) is 0.333. The van der Waals surface area contributed by atoms with Gasteiger partial charge in [0.15, 0.2) is 5.76 Å². The molecule has 0 N–H and O–H groups in total. The quantitative estimate of drug-likeness (QED) is 0.634. The summed E-state index contributed by atoms with van der Waals surface area (Å²) in [7, 11) is 0. The van der Waals surface area contributed by atoms with E-state index in [-0.39, 0.29) is 17.4 Å². The van der Waals surface area contributed by atoms with Crippen LogP contribution in [-0.4, -0.2) is 46.9 Å². The van der Waals surface area contributed by atoms with E-state index in [1.807, 2.05) is 0 Å². The zero-order valence-corrected chi connectivity index (χ0v) is 16.3. The van der Waals surface area contributed by atoms with Gasteiger partial charge in [-0.2, -0.15) is 13.2 Å². The lowest BCUT2D eigenvalue weighted by molar-refractivity contribution is -0.137. The lowest BCUT2D eigenvalue weighted by Crippen LogP contribution is -2.48. The Morgan fingerprint density at radius 2 is 1.90 bits per heavy atom. The van der Waals surface area contributed by atoms with Crippen molar-refractivity contribution in [3.63, 3.8) is 0 Å². The number of benzene rings is 1. The molecule has 4 rings (SSSR count). The fourth-order valence-electron chi connectivity index (χ4n) is 3.40. The molecule has 1 amide bonds. The second-order valence-corrected chi connectivity index (χ2v) is 7.15. The number of alkyl halides is 3. The predicted octanol–water partition coefficient (Wildman–Crippen LogP) is 4.22. The molecule has 3 heterocycles. The number of hydrogen-bond acceptors (Lipinski definition) is 5. The molecule has 0 saturated carbocycles. The first kappa shape index (κ1) is 20.2. The van der Waals surface area contributed by atoms with Gasteiger partial charge in [0.25, 0.3) is 5.91 Å². The Morgan fingerprint density at radius 3 is 2.57 bits per heavy atom. The van der Waals surface area contributed by atoms with E-state index in [1.54, 1.807) is 30.0 Å². The van der Waals surface area contributed by atoms with Crippen molar-refractivity contribution in [2.24, 2.45) is 0 Å². The smallest absolute Gasteiger partial charge is 0.416 e. The van der Waals surface area contributed by atoms with Crippen molar-refractivity contribution >= 4 is 5.91 Å². The summed E-state index contributed by atoms with van der Waals surface area (Å²) in [6.07, 6.45) is -2.95. The van der Waals surface area contributed by atoms with E-state index >= 15 is 0 Å². The van der Waals surface area contributed by atoms with E-state index in [9.17, 15) is 18.0 Å². The van der Waals surface area contributed by atoms with Crippen molar-refractivity contribution < 1.29 is 26.8 Å². The molecule has 1 aliphatic rings. The highest BCUT2D eigenvalue weighted by atomic mass is 19.4. The van der Waals surface area contributed by atoms with Gasteiger partial charge in [-0.3, -0.25) is 9.69 Å². The first-order valence-electron chi connectivity index (χ1n) is 9.50. The Morgan fingerprint density at radius 1 is 1.13 bits per heavy atom. The average Bonchev–Trinajstić information content (AvgIpc) is 3.38. The summed E-state index contributed by atoms with van der Waals surface area (Å²) in [4.78, 5) is 20.6. The zero-order valence-electron chi connectivity index (χ0n) is 16.3. The fourth-order valence-corrected chi connectivity index (χ4v) is 3.40. The third-order valence-corrected chi connectivity index (χ3v) is 5.09. The summed E-state index contributed by atoms with van der Waals surface area (Å²) in [6, 6.07) is 8.26. The van der Waals surface area contributed by atoms with E-state index in [2.05, 4.69) is 9.88 Å². The summed E-state index contributed by atoms with van der Waals surface area (Å²) in [5.74, 6) is 0.919. The number of halogens is 3. The standard InChI is InChI=1S/C21H20F3N3O3/c1-14-17(25-19(30-14)15-4-2-5-16(12-15)21(22,23)24)13-26-7-9-27(10-8-26)20(28)18-6-3-11-29-18/h2-6,11-12H,7-10,13H2,1H3. The summed E-state index contributed by atoms with van der Waals surface area (Å²) in [5, 5.41) is 0. The number of nitrogens with zero attached hydrogens (tertiary/aromatic N) is 3. The van der Waals surface area contributed by atoms with E-state index in [1.165, 1.54) is 12.3 Å². The van der Waals surface area contributed by atoms with Crippen LogP contribution in [0.1, 0.15) is 27.6 Å². The number of furan rings is 1. The molecule has 2 aromatic heterocycles. The zero-order chi connectivity index (χ0) is 21.3. The third-order valence-electron chi connectivity index (χ3n) is 5.09. The molecule has 1 aromatic carbocycles. The molecule has 0 radical (unpaired) electrons. The van der Waals surface area contributed by atoms with Crippen molar-refractivity contribution in [2.45, 2.75) is 19.6 Å². The second kappa shape index (κ2) is 7.98. The Bertz CT molecular complexity index is 1020. The molecular weight excluding hydrogens is 399 g/mol. The highest BCUT2D eigenvalue weighted by Gasteiger charge is 2.31. The minimum Gasteiger partial charge on any atom is -0.459 e. The minimum atomic E-state index is -4.42. The van der Waals surface area contributed by atoms with Crippen LogP contribution in [0.3, 0.4) is 0 Å². The monoisotopic (exact) mass is 419 g/mol. The van der Waals surface area contributed by atoms with Crippen LogP contribution in [0, 0.1) is 6.92 Å². The number of piperazine rings is 1. The molecule has 0 aliphatic carbocycles. The van der Waals surface area contributed by atoms with Gasteiger partial charge in [0, 0.05) is 38.3 Å². The first-order valence-corrected chi connectivity index (χ1v) is 9.50. The summed E-state index contributed by atoms with van der Waals surface area (Å²) in [5.41, 5.74) is 0.219. The minimum absolute atomic E-state index is 0.135. The maximum absolute atomic E-state index is 13.0. The maximum Gasteiger partial charge on any atom is 0.416 e. The highest BCUT2D eigenvalue weighted by molar-refractivity contribution is 5.91. The van der Waals surface area contributed by atoms with Gasteiger partial charge in [-0.25, -0.2) is 4.98 Å². The molecule has 9 heteroatoms. The number of oxazole rings is 1. The number of amides is 1. The van der Waals surface area contributed by atoms with Crippen LogP contribution in [0.5, 0.6) is 0 Å². The van der Waals surface area contributed by atoms with Crippen molar-refractivity contribution in [2.75, 3.05) is 26.2 Å². The van der Waals surface area contributed by atoms with Gasteiger partial charge in [0.2, 0.25) is 5.89 Å².